The molecule has 0 radical (unpaired) electrons. The highest BCUT2D eigenvalue weighted by Gasteiger charge is 2.20. The molecule has 0 amide bonds. The summed E-state index contributed by atoms with van der Waals surface area (Å²) in [6, 6.07) is 0. The van der Waals surface area contributed by atoms with Gasteiger partial charge in [-0.15, -0.1) is 0 Å². The van der Waals surface area contributed by atoms with E-state index in [2.05, 4.69) is 13.2 Å². The van der Waals surface area contributed by atoms with E-state index < -0.39 is 23.5 Å². The van der Waals surface area contributed by atoms with Crippen LogP contribution in [0.3, 0.4) is 0 Å². The minimum Gasteiger partial charge on any atom is -0.460 e. The van der Waals surface area contributed by atoms with Gasteiger partial charge >= 0.3 is 11.9 Å². The van der Waals surface area contributed by atoms with E-state index in [1.54, 1.807) is 13.8 Å². The van der Waals surface area contributed by atoms with Gasteiger partial charge in [0.25, 0.3) is 0 Å². The predicted octanol–water partition coefficient (Wildman–Crippen LogP) is 3.93. The van der Waals surface area contributed by atoms with Gasteiger partial charge in [0.2, 0.25) is 0 Å². The van der Waals surface area contributed by atoms with Gasteiger partial charge in [0.05, 0.1) is 13.2 Å². The lowest BCUT2D eigenvalue weighted by atomic mass is 10.2. The van der Waals surface area contributed by atoms with E-state index >= 15 is 0 Å². The maximum atomic E-state index is 11.3. The Morgan fingerprint density at radius 2 is 0.903 bits per heavy atom. The molecule has 180 valence electrons. The summed E-state index contributed by atoms with van der Waals surface area (Å²) in [7, 11) is 0. The van der Waals surface area contributed by atoms with Crippen LogP contribution in [0.25, 0.3) is 0 Å². The Bertz CT molecular complexity index is 530. The second-order valence-electron chi connectivity index (χ2n) is 8.09. The predicted molar refractivity (Wildman–Crippen MR) is 117 cm³/mol. The highest BCUT2D eigenvalue weighted by Crippen LogP contribution is 2.14. The number of rotatable bonds is 18. The second kappa shape index (κ2) is 15.1. The first kappa shape index (κ1) is 29.3. The Morgan fingerprint density at radius 3 is 1.23 bits per heavy atom. The Morgan fingerprint density at radius 1 is 0.581 bits per heavy atom. The highest BCUT2D eigenvalue weighted by atomic mass is 16.7. The van der Waals surface area contributed by atoms with Gasteiger partial charge in [-0.05, 0) is 60.8 Å². The van der Waals surface area contributed by atoms with Crippen LogP contribution in [-0.2, 0) is 38.0 Å². The van der Waals surface area contributed by atoms with Gasteiger partial charge < -0.3 is 28.4 Å². The molecule has 0 aromatic rings. The van der Waals surface area contributed by atoms with Crippen LogP contribution >= 0.6 is 0 Å². The summed E-state index contributed by atoms with van der Waals surface area (Å²) in [5.74, 6) is -2.36. The van der Waals surface area contributed by atoms with Crippen LogP contribution in [0, 0.1) is 0 Å². The van der Waals surface area contributed by atoms with Crippen LogP contribution in [0.4, 0.5) is 0 Å². The van der Waals surface area contributed by atoms with Gasteiger partial charge in [-0.3, -0.25) is 0 Å². The first-order valence-corrected chi connectivity index (χ1v) is 10.6. The van der Waals surface area contributed by atoms with Crippen molar-refractivity contribution in [1.82, 2.24) is 0 Å². The van der Waals surface area contributed by atoms with Crippen molar-refractivity contribution in [1.29, 1.82) is 0 Å². The third-order valence-corrected chi connectivity index (χ3v) is 3.92. The molecule has 0 bridgehead atoms. The number of esters is 2. The van der Waals surface area contributed by atoms with Gasteiger partial charge in [0.15, 0.2) is 11.6 Å². The van der Waals surface area contributed by atoms with E-state index in [0.29, 0.717) is 24.4 Å². The summed E-state index contributed by atoms with van der Waals surface area (Å²) in [6.45, 7) is 19.4. The molecular weight excluding hydrogens is 404 g/mol. The fourth-order valence-electron chi connectivity index (χ4n) is 2.19. The summed E-state index contributed by atoms with van der Waals surface area (Å²) in [5.41, 5.74) is 0.720. The van der Waals surface area contributed by atoms with E-state index in [4.69, 9.17) is 28.4 Å². The van der Waals surface area contributed by atoms with Gasteiger partial charge in [-0.1, -0.05) is 13.2 Å². The number of unbranched alkanes of at least 4 members (excludes halogenated alkanes) is 2. The minimum atomic E-state index is -0.754. The molecule has 0 saturated heterocycles. The van der Waals surface area contributed by atoms with Crippen molar-refractivity contribution in [3.63, 3.8) is 0 Å². The Kier molecular flexibility index (Phi) is 14.3. The molecule has 0 heterocycles. The van der Waals surface area contributed by atoms with E-state index in [1.807, 2.05) is 27.7 Å². The second-order valence-corrected chi connectivity index (χ2v) is 8.09. The first-order chi connectivity index (χ1) is 14.4. The number of hydrogen-bond donors (Lipinski definition) is 0. The van der Waals surface area contributed by atoms with Crippen LogP contribution in [0.5, 0.6) is 0 Å². The van der Waals surface area contributed by atoms with Crippen LogP contribution in [0.15, 0.2) is 24.3 Å². The van der Waals surface area contributed by atoms with Crippen molar-refractivity contribution in [3.8, 4) is 0 Å². The minimum absolute atomic E-state index is 0.157. The fourth-order valence-corrected chi connectivity index (χ4v) is 2.19. The summed E-state index contributed by atoms with van der Waals surface area (Å²) in [4.78, 5) is 22.6. The van der Waals surface area contributed by atoms with Crippen molar-refractivity contribution in [2.75, 3.05) is 39.6 Å². The summed E-state index contributed by atoms with van der Waals surface area (Å²) >= 11 is 0. The lowest BCUT2D eigenvalue weighted by Gasteiger charge is -2.26. The van der Waals surface area contributed by atoms with Crippen LogP contribution < -0.4 is 0 Å². The third-order valence-electron chi connectivity index (χ3n) is 3.92. The zero-order chi connectivity index (χ0) is 23.9. The van der Waals surface area contributed by atoms with E-state index in [1.165, 1.54) is 0 Å². The molecule has 8 nitrogen and oxygen atoms in total. The molecule has 0 aromatic carbocycles. The van der Waals surface area contributed by atoms with Crippen LogP contribution in [-0.4, -0.2) is 63.2 Å². The molecule has 0 saturated carbocycles. The van der Waals surface area contributed by atoms with Crippen molar-refractivity contribution in [2.45, 2.75) is 72.4 Å². The number of carbonyl (C=O) groups excluding carboxylic acids is 2. The molecule has 0 aliphatic rings. The molecular formula is C23H40O8. The molecule has 0 atom stereocenters. The van der Waals surface area contributed by atoms with Crippen LogP contribution in [0.1, 0.15) is 60.8 Å². The zero-order valence-electron chi connectivity index (χ0n) is 20.0. The Hall–Kier alpha value is -1.74. The van der Waals surface area contributed by atoms with E-state index in [9.17, 15) is 9.59 Å². The summed E-state index contributed by atoms with van der Waals surface area (Å²) < 4.78 is 32.6. The topological polar surface area (TPSA) is 89.5 Å². The van der Waals surface area contributed by atoms with Gasteiger partial charge in [0, 0.05) is 24.4 Å². The van der Waals surface area contributed by atoms with Crippen molar-refractivity contribution < 1.29 is 38.0 Å². The SMILES string of the molecule is C=C(C)C(=O)OCCOC(C)(C)OCCCCCOC(C)(C)OCCOC(=O)C(=C)C. The molecule has 0 N–H and O–H groups in total. The fraction of sp³-hybridized carbons (Fsp3) is 0.739. The maximum absolute atomic E-state index is 11.3. The average Bonchev–Trinajstić information content (AvgIpc) is 2.67. The molecule has 0 fully saturated rings. The first-order valence-electron chi connectivity index (χ1n) is 10.6. The van der Waals surface area contributed by atoms with E-state index in [0.717, 1.165) is 19.3 Å². The molecule has 0 spiro atoms. The smallest absolute Gasteiger partial charge is 0.333 e. The van der Waals surface area contributed by atoms with Crippen molar-refractivity contribution in [2.24, 2.45) is 0 Å². The normalized spacial score (nSPS) is 11.8. The number of hydrogen-bond acceptors (Lipinski definition) is 8. The van der Waals surface area contributed by atoms with Gasteiger partial charge in [-0.2, -0.15) is 0 Å². The molecule has 0 aromatic heterocycles. The van der Waals surface area contributed by atoms with E-state index in [-0.39, 0.29) is 26.4 Å². The Balaban J connectivity index is 3.75. The largest absolute Gasteiger partial charge is 0.460 e. The molecule has 31 heavy (non-hydrogen) atoms. The maximum Gasteiger partial charge on any atom is 0.333 e. The monoisotopic (exact) mass is 444 g/mol. The lowest BCUT2D eigenvalue weighted by Crippen LogP contribution is -2.31. The number of carbonyl (C=O) groups is 2. The Labute approximate surface area is 186 Å². The molecule has 0 unspecified atom stereocenters. The molecule has 0 rings (SSSR count). The van der Waals surface area contributed by atoms with Gasteiger partial charge in [-0.25, -0.2) is 9.59 Å². The summed E-state index contributed by atoms with van der Waals surface area (Å²) in [6.07, 6.45) is 2.65. The molecule has 0 aliphatic heterocycles. The van der Waals surface area contributed by atoms with Gasteiger partial charge in [0.1, 0.15) is 13.2 Å². The highest BCUT2D eigenvalue weighted by molar-refractivity contribution is 5.87. The van der Waals surface area contributed by atoms with Crippen molar-refractivity contribution >= 4 is 11.9 Å². The van der Waals surface area contributed by atoms with Crippen molar-refractivity contribution in [3.05, 3.63) is 24.3 Å². The molecule has 0 aliphatic carbocycles. The average molecular weight is 445 g/mol. The molecule has 8 heteroatoms. The summed E-state index contributed by atoms with van der Waals surface area (Å²) in [5, 5.41) is 0. The zero-order valence-corrected chi connectivity index (χ0v) is 20.0. The number of ether oxygens (including phenoxy) is 6. The standard InChI is InChI=1S/C23H40O8/c1-18(2)20(24)26-14-16-30-22(5,6)28-12-10-9-11-13-29-23(7,8)31-17-15-27-21(25)19(3)4/h1,3,9-17H2,2,4-8H3. The quantitative estimate of drug-likeness (QED) is 0.136. The van der Waals surface area contributed by atoms with Crippen LogP contribution in [0.2, 0.25) is 0 Å². The lowest BCUT2D eigenvalue weighted by molar-refractivity contribution is -0.221. The third kappa shape index (κ3) is 16.6.